The minimum absolute atomic E-state index is 0.385. The van der Waals surface area contributed by atoms with Crippen molar-refractivity contribution in [1.82, 2.24) is 4.57 Å². The number of nitrogens with zero attached hydrogens (tertiary/aromatic N) is 1. The minimum atomic E-state index is -0.385. The van der Waals surface area contributed by atoms with Gasteiger partial charge in [-0.2, -0.15) is 0 Å². The van der Waals surface area contributed by atoms with Crippen molar-refractivity contribution in [1.29, 1.82) is 0 Å². The molecule has 0 spiro atoms. The van der Waals surface area contributed by atoms with E-state index in [1.54, 1.807) is 0 Å². The Morgan fingerprint density at radius 1 is 1.20 bits per heavy atom. The molecule has 1 aromatic carbocycles. The third-order valence-electron chi connectivity index (χ3n) is 2.91. The first-order valence-corrected chi connectivity index (χ1v) is 4.87. The van der Waals surface area contributed by atoms with Crippen LogP contribution in [-0.4, -0.2) is 10.5 Å². The molecule has 2 N–H and O–H groups in total. The Morgan fingerprint density at radius 3 is 2.40 bits per heavy atom. The molecule has 3 nitrogen and oxygen atoms in total. The maximum Gasteiger partial charge on any atom is 0.265 e. The van der Waals surface area contributed by atoms with Crippen LogP contribution in [-0.2, 0) is 7.05 Å². The average molecular weight is 202 g/mol. The Kier molecular flexibility index (Phi) is 2.03. The van der Waals surface area contributed by atoms with Gasteiger partial charge in [0.1, 0.15) is 5.69 Å². The van der Waals surface area contributed by atoms with E-state index in [1.807, 2.05) is 17.7 Å². The van der Waals surface area contributed by atoms with Crippen molar-refractivity contribution < 1.29 is 4.79 Å². The van der Waals surface area contributed by atoms with Gasteiger partial charge in [-0.3, -0.25) is 4.79 Å². The number of fused-ring (bicyclic) bond motifs is 1. The molecule has 3 heteroatoms. The lowest BCUT2D eigenvalue weighted by Crippen LogP contribution is -2.14. The summed E-state index contributed by atoms with van der Waals surface area (Å²) in [5, 5.41) is 1.06. The summed E-state index contributed by atoms with van der Waals surface area (Å²) in [6, 6.07) is 6.00. The number of primary amides is 1. The number of amides is 1. The Bertz CT molecular complexity index is 552. The monoisotopic (exact) mass is 202 g/mol. The number of hydrogen-bond acceptors (Lipinski definition) is 1. The number of carbonyl (C=O) groups is 1. The van der Waals surface area contributed by atoms with Crippen molar-refractivity contribution in [3.63, 3.8) is 0 Å². The molecule has 0 bridgehead atoms. The molecule has 1 amide bonds. The van der Waals surface area contributed by atoms with Gasteiger partial charge in [0.2, 0.25) is 0 Å². The highest BCUT2D eigenvalue weighted by atomic mass is 16.1. The smallest absolute Gasteiger partial charge is 0.265 e. The maximum absolute atomic E-state index is 11.2. The Labute approximate surface area is 88.5 Å². The predicted octanol–water partition coefficient (Wildman–Crippen LogP) is 1.89. The predicted molar refractivity (Wildman–Crippen MR) is 60.9 cm³/mol. The molecule has 0 aliphatic rings. The molecule has 0 fully saturated rings. The molecule has 78 valence electrons. The fourth-order valence-corrected chi connectivity index (χ4v) is 1.84. The third kappa shape index (κ3) is 1.40. The van der Waals surface area contributed by atoms with Gasteiger partial charge in [-0.1, -0.05) is 0 Å². The van der Waals surface area contributed by atoms with E-state index in [9.17, 15) is 4.79 Å². The summed E-state index contributed by atoms with van der Waals surface area (Å²) in [5.74, 6) is -0.385. The van der Waals surface area contributed by atoms with Crippen LogP contribution in [0.1, 0.15) is 21.6 Å². The maximum atomic E-state index is 11.2. The van der Waals surface area contributed by atoms with E-state index in [0.29, 0.717) is 5.69 Å². The number of aryl methyl sites for hydroxylation is 3. The zero-order valence-electron chi connectivity index (χ0n) is 9.16. The SMILES string of the molecule is Cc1cc2cc(C(N)=O)n(C)c2cc1C. The van der Waals surface area contributed by atoms with Crippen LogP contribution < -0.4 is 5.73 Å². The highest BCUT2D eigenvalue weighted by Crippen LogP contribution is 2.22. The van der Waals surface area contributed by atoms with Crippen LogP contribution in [0.5, 0.6) is 0 Å². The molecule has 0 unspecified atom stereocenters. The van der Waals surface area contributed by atoms with Crippen LogP contribution in [0.15, 0.2) is 18.2 Å². The largest absolute Gasteiger partial charge is 0.364 e. The number of aromatic nitrogens is 1. The van der Waals surface area contributed by atoms with Gasteiger partial charge < -0.3 is 10.3 Å². The molecule has 0 saturated carbocycles. The summed E-state index contributed by atoms with van der Waals surface area (Å²) < 4.78 is 1.84. The molecule has 0 aliphatic heterocycles. The molecule has 2 rings (SSSR count). The zero-order valence-corrected chi connectivity index (χ0v) is 9.16. The number of hydrogen-bond donors (Lipinski definition) is 1. The fourth-order valence-electron chi connectivity index (χ4n) is 1.84. The summed E-state index contributed by atoms with van der Waals surface area (Å²) in [4.78, 5) is 11.2. The lowest BCUT2D eigenvalue weighted by atomic mass is 10.1. The number of nitrogens with two attached hydrogens (primary N) is 1. The number of rotatable bonds is 1. The minimum Gasteiger partial charge on any atom is -0.364 e. The normalized spacial score (nSPS) is 10.9. The Hall–Kier alpha value is -1.77. The van der Waals surface area contributed by atoms with Gasteiger partial charge in [-0.05, 0) is 43.2 Å². The van der Waals surface area contributed by atoms with Crippen LogP contribution >= 0.6 is 0 Å². The lowest BCUT2D eigenvalue weighted by Gasteiger charge is -2.03. The second kappa shape index (κ2) is 3.12. The van der Waals surface area contributed by atoms with Gasteiger partial charge >= 0.3 is 0 Å². The standard InChI is InChI=1S/C12H14N2O/c1-7-4-9-6-11(12(13)15)14(3)10(9)5-8(7)2/h4-6H,1-3H3,(H2,13,15). The second-order valence-corrected chi connectivity index (χ2v) is 3.95. The lowest BCUT2D eigenvalue weighted by molar-refractivity contribution is 0.0993. The molecule has 2 aromatic rings. The van der Waals surface area contributed by atoms with Crippen molar-refractivity contribution in [3.8, 4) is 0 Å². The van der Waals surface area contributed by atoms with Crippen molar-refractivity contribution in [2.45, 2.75) is 13.8 Å². The molecule has 0 atom stereocenters. The first-order valence-electron chi connectivity index (χ1n) is 4.87. The van der Waals surface area contributed by atoms with Gasteiger partial charge in [0.25, 0.3) is 5.91 Å². The van der Waals surface area contributed by atoms with E-state index in [4.69, 9.17) is 5.73 Å². The molecule has 1 aromatic heterocycles. The van der Waals surface area contributed by atoms with E-state index in [1.165, 1.54) is 11.1 Å². The van der Waals surface area contributed by atoms with Gasteiger partial charge in [0.15, 0.2) is 0 Å². The zero-order chi connectivity index (χ0) is 11.2. The van der Waals surface area contributed by atoms with E-state index < -0.39 is 0 Å². The number of carbonyl (C=O) groups excluding carboxylic acids is 1. The van der Waals surface area contributed by atoms with Gasteiger partial charge in [-0.15, -0.1) is 0 Å². The van der Waals surface area contributed by atoms with Crippen LogP contribution in [0.2, 0.25) is 0 Å². The molecule has 0 saturated heterocycles. The van der Waals surface area contributed by atoms with Crippen LogP contribution in [0.25, 0.3) is 10.9 Å². The first-order chi connectivity index (χ1) is 7.00. The van der Waals surface area contributed by atoms with E-state index in [2.05, 4.69) is 26.0 Å². The summed E-state index contributed by atoms with van der Waals surface area (Å²) in [6.45, 7) is 4.12. The number of benzene rings is 1. The average Bonchev–Trinajstić information content (AvgIpc) is 2.46. The fraction of sp³-hybridized carbons (Fsp3) is 0.250. The summed E-state index contributed by atoms with van der Waals surface area (Å²) in [5.41, 5.74) is 9.34. The summed E-state index contributed by atoms with van der Waals surface area (Å²) in [6.07, 6.45) is 0. The van der Waals surface area contributed by atoms with Gasteiger partial charge in [0, 0.05) is 18.0 Å². The van der Waals surface area contributed by atoms with Crippen molar-refractivity contribution in [3.05, 3.63) is 35.0 Å². The van der Waals surface area contributed by atoms with Crippen molar-refractivity contribution in [2.24, 2.45) is 12.8 Å². The second-order valence-electron chi connectivity index (χ2n) is 3.95. The van der Waals surface area contributed by atoms with Gasteiger partial charge in [-0.25, -0.2) is 0 Å². The van der Waals surface area contributed by atoms with Crippen LogP contribution in [0.3, 0.4) is 0 Å². The van der Waals surface area contributed by atoms with Crippen molar-refractivity contribution >= 4 is 16.8 Å². The highest BCUT2D eigenvalue weighted by Gasteiger charge is 2.10. The van der Waals surface area contributed by atoms with Gasteiger partial charge in [0.05, 0.1) is 0 Å². The summed E-state index contributed by atoms with van der Waals surface area (Å²) >= 11 is 0. The Morgan fingerprint density at radius 2 is 1.80 bits per heavy atom. The quantitative estimate of drug-likeness (QED) is 0.754. The van der Waals surface area contributed by atoms with Crippen molar-refractivity contribution in [2.75, 3.05) is 0 Å². The molecular weight excluding hydrogens is 188 g/mol. The topological polar surface area (TPSA) is 48.0 Å². The molecule has 0 radical (unpaired) electrons. The van der Waals surface area contributed by atoms with E-state index >= 15 is 0 Å². The Balaban J connectivity index is 2.83. The molecule has 15 heavy (non-hydrogen) atoms. The third-order valence-corrected chi connectivity index (χ3v) is 2.91. The molecular formula is C12H14N2O. The van der Waals surface area contributed by atoms with E-state index in [0.717, 1.165) is 10.9 Å². The van der Waals surface area contributed by atoms with Crippen LogP contribution in [0, 0.1) is 13.8 Å². The van der Waals surface area contributed by atoms with E-state index in [-0.39, 0.29) is 5.91 Å². The first kappa shape index (κ1) is 9.77. The summed E-state index contributed by atoms with van der Waals surface area (Å²) in [7, 11) is 1.86. The molecule has 1 heterocycles. The highest BCUT2D eigenvalue weighted by molar-refractivity contribution is 5.98. The van der Waals surface area contributed by atoms with Crippen LogP contribution in [0.4, 0.5) is 0 Å². The molecule has 0 aliphatic carbocycles.